The summed E-state index contributed by atoms with van der Waals surface area (Å²) in [7, 11) is -3.08. The Morgan fingerprint density at radius 2 is 1.27 bits per heavy atom. The minimum absolute atomic E-state index is 0.0248. The Morgan fingerprint density at radius 3 is 1.67 bits per heavy atom. The molecule has 0 unspecified atom stereocenters. The maximum absolute atomic E-state index is 11.5. The zero-order chi connectivity index (χ0) is 24.9. The summed E-state index contributed by atoms with van der Waals surface area (Å²) in [4.78, 5) is 18.9. The zero-order valence-corrected chi connectivity index (χ0v) is 22.7. The molecule has 2 rings (SSSR count). The summed E-state index contributed by atoms with van der Waals surface area (Å²) in [5, 5.41) is 6.53. The average molecular weight is 495 g/mol. The maximum atomic E-state index is 11.5. The van der Waals surface area contributed by atoms with Crippen molar-refractivity contribution in [2.45, 2.75) is 59.3 Å². The van der Waals surface area contributed by atoms with Crippen LogP contribution in [0.15, 0.2) is 12.1 Å². The van der Waals surface area contributed by atoms with Crippen LogP contribution in [0.4, 0.5) is 11.6 Å². The Kier molecular flexibility index (Phi) is 9.09. The molecule has 2 aromatic rings. The number of anilines is 2. The highest BCUT2D eigenvalue weighted by molar-refractivity contribution is 7.99. The van der Waals surface area contributed by atoms with Crippen molar-refractivity contribution >= 4 is 33.2 Å². The lowest BCUT2D eigenvalue weighted by Gasteiger charge is -2.21. The quantitative estimate of drug-likeness (QED) is 0.471. The molecular weight excluding hydrogens is 456 g/mol. The molecule has 0 aliphatic rings. The van der Waals surface area contributed by atoms with Crippen molar-refractivity contribution in [3.63, 3.8) is 0 Å². The van der Waals surface area contributed by atoms with Gasteiger partial charge in [0.05, 0.1) is 17.1 Å². The molecule has 10 heteroatoms. The fourth-order valence-corrected chi connectivity index (χ4v) is 3.81. The Morgan fingerprint density at radius 1 is 0.818 bits per heavy atom. The van der Waals surface area contributed by atoms with Gasteiger partial charge in [0.2, 0.25) is 0 Å². The monoisotopic (exact) mass is 494 g/mol. The summed E-state index contributed by atoms with van der Waals surface area (Å²) in [6.45, 7) is 15.8. The third-order valence-corrected chi connectivity index (χ3v) is 6.57. The highest BCUT2D eigenvalue weighted by atomic mass is 32.2. The largest absolute Gasteiger partial charge is 0.369 e. The van der Waals surface area contributed by atoms with Gasteiger partial charge in [-0.3, -0.25) is 0 Å². The van der Waals surface area contributed by atoms with E-state index in [1.165, 1.54) is 6.26 Å². The first kappa shape index (κ1) is 27.3. The standard InChI is InChI=1S/C23H38N6O2S2/c1-9-32-12-10-24-18-14-16(22(2,3)4)26-20(28-18)21-27-17(23(5,6)7)15-19(29-21)25-11-13-33(8,30)31/h14-15H,9-13H2,1-8H3,(H,24,26,28)(H,25,27,29). The second kappa shape index (κ2) is 11.0. The number of sulfone groups is 1. The van der Waals surface area contributed by atoms with Gasteiger partial charge in [0, 0.05) is 48.1 Å². The van der Waals surface area contributed by atoms with Gasteiger partial charge in [-0.25, -0.2) is 28.4 Å². The van der Waals surface area contributed by atoms with Crippen LogP contribution in [0, 0.1) is 0 Å². The van der Waals surface area contributed by atoms with Gasteiger partial charge in [0.15, 0.2) is 11.6 Å². The molecule has 2 N–H and O–H groups in total. The Balaban J connectivity index is 2.49. The third kappa shape index (κ3) is 9.08. The molecule has 0 radical (unpaired) electrons. The molecule has 0 amide bonds. The summed E-state index contributed by atoms with van der Waals surface area (Å²) < 4.78 is 23.1. The Hall–Kier alpha value is -1.94. The van der Waals surface area contributed by atoms with E-state index in [-0.39, 0.29) is 23.1 Å². The van der Waals surface area contributed by atoms with Gasteiger partial charge in [-0.05, 0) is 5.75 Å². The van der Waals surface area contributed by atoms with Crippen molar-refractivity contribution < 1.29 is 8.42 Å². The van der Waals surface area contributed by atoms with Crippen LogP contribution in [0.2, 0.25) is 0 Å². The normalized spacial score (nSPS) is 12.6. The minimum Gasteiger partial charge on any atom is -0.369 e. The summed E-state index contributed by atoms with van der Waals surface area (Å²) >= 11 is 1.87. The van der Waals surface area contributed by atoms with Crippen LogP contribution in [0.1, 0.15) is 59.9 Å². The van der Waals surface area contributed by atoms with E-state index in [0.29, 0.717) is 17.5 Å². The molecule has 0 spiro atoms. The highest BCUT2D eigenvalue weighted by Gasteiger charge is 2.23. The smallest absolute Gasteiger partial charge is 0.200 e. The van der Waals surface area contributed by atoms with Gasteiger partial charge in [0.25, 0.3) is 0 Å². The molecule has 0 bridgehead atoms. The molecule has 2 heterocycles. The molecule has 0 aliphatic carbocycles. The van der Waals surface area contributed by atoms with E-state index in [4.69, 9.17) is 15.0 Å². The lowest BCUT2D eigenvalue weighted by molar-refractivity contribution is 0.564. The van der Waals surface area contributed by atoms with Crippen molar-refractivity contribution in [3.05, 3.63) is 23.5 Å². The lowest BCUT2D eigenvalue weighted by atomic mass is 9.91. The van der Waals surface area contributed by atoms with Gasteiger partial charge >= 0.3 is 0 Å². The minimum atomic E-state index is -3.08. The first-order valence-electron chi connectivity index (χ1n) is 11.2. The first-order chi connectivity index (χ1) is 15.2. The molecule has 2 aromatic heterocycles. The van der Waals surface area contributed by atoms with Crippen LogP contribution in [-0.4, -0.2) is 65.0 Å². The van der Waals surface area contributed by atoms with Crippen LogP contribution in [0.3, 0.4) is 0 Å². The molecule has 0 aromatic carbocycles. The third-order valence-electron chi connectivity index (χ3n) is 4.72. The fourth-order valence-electron chi connectivity index (χ4n) is 2.80. The molecule has 0 aliphatic heterocycles. The van der Waals surface area contributed by atoms with Crippen LogP contribution < -0.4 is 10.6 Å². The van der Waals surface area contributed by atoms with Gasteiger partial charge in [-0.1, -0.05) is 48.5 Å². The number of aromatic nitrogens is 4. The molecule has 0 atom stereocenters. The molecular formula is C23H38N6O2S2. The van der Waals surface area contributed by atoms with Crippen LogP contribution in [0.25, 0.3) is 11.6 Å². The second-order valence-electron chi connectivity index (χ2n) is 10.1. The van der Waals surface area contributed by atoms with E-state index >= 15 is 0 Å². The molecule has 0 fully saturated rings. The topological polar surface area (TPSA) is 110 Å². The first-order valence-corrected chi connectivity index (χ1v) is 14.4. The molecule has 0 saturated heterocycles. The average Bonchev–Trinajstić information content (AvgIpc) is 2.68. The zero-order valence-electron chi connectivity index (χ0n) is 21.1. The Bertz CT molecular complexity index is 1040. The lowest BCUT2D eigenvalue weighted by Crippen LogP contribution is -2.20. The number of rotatable bonds is 10. The van der Waals surface area contributed by atoms with E-state index in [1.807, 2.05) is 23.9 Å². The summed E-state index contributed by atoms with van der Waals surface area (Å²) in [6, 6.07) is 3.85. The molecule has 33 heavy (non-hydrogen) atoms. The number of nitrogens with zero attached hydrogens (tertiary/aromatic N) is 4. The fraction of sp³-hybridized carbons (Fsp3) is 0.652. The molecule has 0 saturated carbocycles. The van der Waals surface area contributed by atoms with E-state index in [1.54, 1.807) is 0 Å². The van der Waals surface area contributed by atoms with Crippen LogP contribution in [-0.2, 0) is 20.7 Å². The summed E-state index contributed by atoms with van der Waals surface area (Å²) in [6.07, 6.45) is 1.22. The Labute approximate surface area is 203 Å². The number of thioether (sulfide) groups is 1. The van der Waals surface area contributed by atoms with Crippen LogP contribution in [0.5, 0.6) is 0 Å². The van der Waals surface area contributed by atoms with E-state index < -0.39 is 9.84 Å². The molecule has 184 valence electrons. The SMILES string of the molecule is CCSCCNc1cc(C(C)(C)C)nc(-c2nc(NCCS(C)(=O)=O)cc(C(C)(C)C)n2)n1. The van der Waals surface area contributed by atoms with Crippen LogP contribution >= 0.6 is 11.8 Å². The van der Waals surface area contributed by atoms with Crippen molar-refractivity contribution in [3.8, 4) is 11.6 Å². The predicted molar refractivity (Wildman–Crippen MR) is 140 cm³/mol. The number of nitrogens with one attached hydrogen (secondary N) is 2. The van der Waals surface area contributed by atoms with E-state index in [2.05, 4.69) is 64.1 Å². The van der Waals surface area contributed by atoms with Crippen molar-refractivity contribution in [1.82, 2.24) is 19.9 Å². The van der Waals surface area contributed by atoms with Gasteiger partial charge in [0.1, 0.15) is 21.5 Å². The second-order valence-corrected chi connectivity index (χ2v) is 13.8. The summed E-state index contributed by atoms with van der Waals surface area (Å²) in [5.41, 5.74) is 1.32. The number of hydrogen-bond acceptors (Lipinski definition) is 9. The summed E-state index contributed by atoms with van der Waals surface area (Å²) in [5.74, 6) is 4.27. The highest BCUT2D eigenvalue weighted by Crippen LogP contribution is 2.28. The molecule has 8 nitrogen and oxygen atoms in total. The van der Waals surface area contributed by atoms with Gasteiger partial charge < -0.3 is 10.6 Å². The van der Waals surface area contributed by atoms with E-state index in [0.717, 1.165) is 35.3 Å². The predicted octanol–water partition coefficient (Wildman–Crippen LogP) is 4.15. The van der Waals surface area contributed by atoms with Crippen molar-refractivity contribution in [2.24, 2.45) is 0 Å². The van der Waals surface area contributed by atoms with Gasteiger partial charge in [-0.15, -0.1) is 0 Å². The van der Waals surface area contributed by atoms with Crippen molar-refractivity contribution in [2.75, 3.05) is 47.2 Å². The van der Waals surface area contributed by atoms with Crippen molar-refractivity contribution in [1.29, 1.82) is 0 Å². The van der Waals surface area contributed by atoms with Gasteiger partial charge in [-0.2, -0.15) is 11.8 Å². The number of hydrogen-bond donors (Lipinski definition) is 2. The van der Waals surface area contributed by atoms with E-state index in [9.17, 15) is 8.42 Å². The maximum Gasteiger partial charge on any atom is 0.200 e.